The molecule has 0 N–H and O–H groups in total. The van der Waals surface area contributed by atoms with E-state index in [1.807, 2.05) is 31.2 Å². The number of ether oxygens (including phenoxy) is 1. The van der Waals surface area contributed by atoms with Crippen LogP contribution in [-0.2, 0) is 10.0 Å². The van der Waals surface area contributed by atoms with Crippen LogP contribution in [0.15, 0.2) is 47.4 Å². The van der Waals surface area contributed by atoms with Crippen molar-refractivity contribution in [2.75, 3.05) is 38.2 Å². The van der Waals surface area contributed by atoms with Gasteiger partial charge in [0.15, 0.2) is 0 Å². The van der Waals surface area contributed by atoms with Gasteiger partial charge in [0.1, 0.15) is 5.75 Å². The number of aryl methyl sites for hydroxylation is 1. The van der Waals surface area contributed by atoms with Gasteiger partial charge in [-0.05, 0) is 55.0 Å². The highest BCUT2D eigenvalue weighted by molar-refractivity contribution is 7.89. The number of benzene rings is 2. The van der Waals surface area contributed by atoms with Gasteiger partial charge in [0.2, 0.25) is 10.0 Å². The van der Waals surface area contributed by atoms with Crippen molar-refractivity contribution < 1.29 is 13.2 Å². The Bertz CT molecular complexity index is 845. The molecule has 0 bridgehead atoms. The second-order valence-corrected chi connectivity index (χ2v) is 8.37. The molecular weight excluding hydrogens is 360 g/mol. The van der Waals surface area contributed by atoms with Crippen molar-refractivity contribution in [2.24, 2.45) is 0 Å². The molecule has 1 heterocycles. The lowest BCUT2D eigenvalue weighted by Gasteiger charge is -2.35. The molecule has 25 heavy (non-hydrogen) atoms. The lowest BCUT2D eigenvalue weighted by Crippen LogP contribution is -2.48. The SMILES string of the molecule is COc1ccc(S(=O)(=O)N2CCN(c3ccc(Cl)cc3)CC2)cc1C. The fraction of sp³-hybridized carbons (Fsp3) is 0.333. The molecular formula is C18H21ClN2O3S. The van der Waals surface area contributed by atoms with Crippen molar-refractivity contribution >= 4 is 27.3 Å². The minimum Gasteiger partial charge on any atom is -0.496 e. The Labute approximate surface area is 153 Å². The monoisotopic (exact) mass is 380 g/mol. The molecule has 5 nitrogen and oxygen atoms in total. The highest BCUT2D eigenvalue weighted by Crippen LogP contribution is 2.25. The van der Waals surface area contributed by atoms with Gasteiger partial charge in [-0.15, -0.1) is 0 Å². The van der Waals surface area contributed by atoms with Crippen LogP contribution >= 0.6 is 11.6 Å². The molecule has 2 aromatic carbocycles. The lowest BCUT2D eigenvalue weighted by atomic mass is 10.2. The molecule has 0 saturated carbocycles. The third kappa shape index (κ3) is 3.76. The standard InChI is InChI=1S/C18H21ClN2O3S/c1-14-13-17(7-8-18(14)24-2)25(22,23)21-11-9-20(10-12-21)16-5-3-15(19)4-6-16/h3-8,13H,9-12H2,1-2H3. The summed E-state index contributed by atoms with van der Waals surface area (Å²) in [6.45, 7) is 4.05. The maximum absolute atomic E-state index is 12.9. The van der Waals surface area contributed by atoms with Crippen LogP contribution in [0.25, 0.3) is 0 Å². The van der Waals surface area contributed by atoms with Gasteiger partial charge in [-0.3, -0.25) is 0 Å². The zero-order valence-corrected chi connectivity index (χ0v) is 15.8. The van der Waals surface area contributed by atoms with E-state index >= 15 is 0 Å². The van der Waals surface area contributed by atoms with Crippen molar-refractivity contribution in [3.8, 4) is 5.75 Å². The van der Waals surface area contributed by atoms with Crippen LogP contribution in [0.5, 0.6) is 5.75 Å². The lowest BCUT2D eigenvalue weighted by molar-refractivity contribution is 0.384. The highest BCUT2D eigenvalue weighted by atomic mass is 35.5. The average Bonchev–Trinajstić information content (AvgIpc) is 2.62. The Morgan fingerprint density at radius 3 is 2.20 bits per heavy atom. The molecule has 0 amide bonds. The summed E-state index contributed by atoms with van der Waals surface area (Å²) in [7, 11) is -1.92. The smallest absolute Gasteiger partial charge is 0.243 e. The average molecular weight is 381 g/mol. The third-order valence-electron chi connectivity index (χ3n) is 4.43. The second kappa shape index (κ2) is 7.23. The van der Waals surface area contributed by atoms with Crippen LogP contribution in [0.1, 0.15) is 5.56 Å². The first kappa shape index (κ1) is 18.0. The van der Waals surface area contributed by atoms with Crippen LogP contribution in [0.4, 0.5) is 5.69 Å². The van der Waals surface area contributed by atoms with Crippen LogP contribution < -0.4 is 9.64 Å². The molecule has 2 aromatic rings. The molecule has 134 valence electrons. The van der Waals surface area contributed by atoms with E-state index in [1.165, 1.54) is 0 Å². The zero-order chi connectivity index (χ0) is 18.0. The summed E-state index contributed by atoms with van der Waals surface area (Å²) in [5, 5.41) is 0.694. The van der Waals surface area contributed by atoms with Gasteiger partial charge >= 0.3 is 0 Å². The molecule has 7 heteroatoms. The zero-order valence-electron chi connectivity index (χ0n) is 14.3. The van der Waals surface area contributed by atoms with Crippen molar-refractivity contribution in [3.63, 3.8) is 0 Å². The van der Waals surface area contributed by atoms with Gasteiger partial charge in [0.05, 0.1) is 12.0 Å². The van der Waals surface area contributed by atoms with Gasteiger partial charge in [-0.25, -0.2) is 8.42 Å². The normalized spacial score (nSPS) is 16.0. The molecule has 0 unspecified atom stereocenters. The van der Waals surface area contributed by atoms with Crippen molar-refractivity contribution in [1.29, 1.82) is 0 Å². The summed E-state index contributed by atoms with van der Waals surface area (Å²) in [5.41, 5.74) is 1.87. The maximum Gasteiger partial charge on any atom is 0.243 e. The third-order valence-corrected chi connectivity index (χ3v) is 6.58. The molecule has 0 spiro atoms. The van der Waals surface area contributed by atoms with Crippen molar-refractivity contribution in [1.82, 2.24) is 4.31 Å². The number of nitrogens with zero attached hydrogens (tertiary/aromatic N) is 2. The predicted molar refractivity (Wildman–Crippen MR) is 100 cm³/mol. The van der Waals surface area contributed by atoms with Gasteiger partial charge < -0.3 is 9.64 Å². The summed E-state index contributed by atoms with van der Waals surface area (Å²) in [5.74, 6) is 0.687. The Morgan fingerprint density at radius 2 is 1.64 bits per heavy atom. The molecule has 1 fully saturated rings. The van der Waals surface area contributed by atoms with E-state index in [0.29, 0.717) is 41.8 Å². The number of hydrogen-bond donors (Lipinski definition) is 0. The topological polar surface area (TPSA) is 49.9 Å². The van der Waals surface area contributed by atoms with E-state index < -0.39 is 10.0 Å². The Kier molecular flexibility index (Phi) is 5.22. The summed E-state index contributed by atoms with van der Waals surface area (Å²) in [4.78, 5) is 2.48. The summed E-state index contributed by atoms with van der Waals surface area (Å²) >= 11 is 5.92. The number of anilines is 1. The molecule has 1 aliphatic rings. The van der Waals surface area contributed by atoms with Crippen molar-refractivity contribution in [2.45, 2.75) is 11.8 Å². The van der Waals surface area contributed by atoms with E-state index in [2.05, 4.69) is 4.90 Å². The van der Waals surface area contributed by atoms with E-state index in [9.17, 15) is 8.42 Å². The van der Waals surface area contributed by atoms with E-state index in [0.717, 1.165) is 11.3 Å². The van der Waals surface area contributed by atoms with Gasteiger partial charge in [0, 0.05) is 36.9 Å². The Morgan fingerprint density at radius 1 is 1.00 bits per heavy atom. The number of methoxy groups -OCH3 is 1. The molecule has 0 radical (unpaired) electrons. The summed E-state index contributed by atoms with van der Waals surface area (Å²) in [6, 6.07) is 12.6. The predicted octanol–water partition coefficient (Wildman–Crippen LogP) is 3.17. The molecule has 3 rings (SSSR count). The first-order chi connectivity index (χ1) is 11.9. The molecule has 0 atom stereocenters. The number of hydrogen-bond acceptors (Lipinski definition) is 4. The second-order valence-electron chi connectivity index (χ2n) is 6.00. The molecule has 1 aliphatic heterocycles. The minimum atomic E-state index is -3.49. The number of piperazine rings is 1. The largest absolute Gasteiger partial charge is 0.496 e. The van der Waals surface area contributed by atoms with Gasteiger partial charge in [0.25, 0.3) is 0 Å². The first-order valence-corrected chi connectivity index (χ1v) is 9.89. The Balaban J connectivity index is 1.73. The number of halogens is 1. The van der Waals surface area contributed by atoms with Crippen LogP contribution in [0, 0.1) is 6.92 Å². The van der Waals surface area contributed by atoms with Gasteiger partial charge in [-0.1, -0.05) is 11.6 Å². The van der Waals surface area contributed by atoms with E-state index in [4.69, 9.17) is 16.3 Å². The summed E-state index contributed by atoms with van der Waals surface area (Å²) in [6.07, 6.45) is 0. The highest BCUT2D eigenvalue weighted by Gasteiger charge is 2.28. The minimum absolute atomic E-state index is 0.311. The van der Waals surface area contributed by atoms with E-state index in [1.54, 1.807) is 29.6 Å². The molecule has 1 saturated heterocycles. The fourth-order valence-corrected chi connectivity index (χ4v) is 4.63. The molecule has 0 aliphatic carbocycles. The number of rotatable bonds is 4. The van der Waals surface area contributed by atoms with E-state index in [-0.39, 0.29) is 0 Å². The van der Waals surface area contributed by atoms with Crippen LogP contribution in [0.3, 0.4) is 0 Å². The van der Waals surface area contributed by atoms with Crippen molar-refractivity contribution in [3.05, 3.63) is 53.1 Å². The van der Waals surface area contributed by atoms with Crippen LogP contribution in [0.2, 0.25) is 5.02 Å². The Hall–Kier alpha value is -1.76. The quantitative estimate of drug-likeness (QED) is 0.817. The fourth-order valence-electron chi connectivity index (χ4n) is 3.00. The first-order valence-electron chi connectivity index (χ1n) is 8.07. The van der Waals surface area contributed by atoms with Crippen LogP contribution in [-0.4, -0.2) is 46.0 Å². The van der Waals surface area contributed by atoms with Gasteiger partial charge in [-0.2, -0.15) is 4.31 Å². The molecule has 0 aromatic heterocycles. The number of sulfonamides is 1. The summed E-state index contributed by atoms with van der Waals surface area (Å²) < 4.78 is 32.5. The maximum atomic E-state index is 12.9.